The second kappa shape index (κ2) is 8.56. The van der Waals surface area contributed by atoms with Gasteiger partial charge in [0.2, 0.25) is 5.91 Å². The molecule has 6 heteroatoms. The van der Waals surface area contributed by atoms with Crippen molar-refractivity contribution in [3.63, 3.8) is 0 Å². The largest absolute Gasteiger partial charge is 0.340 e. The van der Waals surface area contributed by atoms with Gasteiger partial charge in [0.25, 0.3) is 5.91 Å². The minimum Gasteiger partial charge on any atom is -0.340 e. The average Bonchev–Trinajstić information content (AvgIpc) is 2.59. The summed E-state index contributed by atoms with van der Waals surface area (Å²) in [5, 5.41) is 5.18. The van der Waals surface area contributed by atoms with Gasteiger partial charge < -0.3 is 10.6 Å². The van der Waals surface area contributed by atoms with Crippen LogP contribution in [0.5, 0.6) is 0 Å². The maximum atomic E-state index is 13.8. The van der Waals surface area contributed by atoms with E-state index in [1.807, 2.05) is 25.1 Å². The molecule has 0 aliphatic heterocycles. The van der Waals surface area contributed by atoms with Gasteiger partial charge in [-0.25, -0.2) is 8.78 Å². The molecule has 2 aromatic rings. The molecule has 0 spiro atoms. The Morgan fingerprint density at radius 2 is 1.65 bits per heavy atom. The summed E-state index contributed by atoms with van der Waals surface area (Å²) in [6.07, 6.45) is 0.820. The summed E-state index contributed by atoms with van der Waals surface area (Å²) in [4.78, 5) is 24.9. The molecule has 1 atom stereocenters. The molecule has 0 saturated carbocycles. The lowest BCUT2D eigenvalue weighted by Crippen LogP contribution is -2.47. The molecule has 0 heterocycles. The van der Waals surface area contributed by atoms with Crippen LogP contribution >= 0.6 is 0 Å². The van der Waals surface area contributed by atoms with Gasteiger partial charge >= 0.3 is 0 Å². The monoisotopic (exact) mass is 360 g/mol. The minimum absolute atomic E-state index is 0.275. The number of benzene rings is 2. The number of carbonyl (C=O) groups is 2. The van der Waals surface area contributed by atoms with E-state index < -0.39 is 35.1 Å². The van der Waals surface area contributed by atoms with Crippen molar-refractivity contribution in [2.45, 2.75) is 33.2 Å². The number of carbonyl (C=O) groups excluding carboxylic acids is 2. The van der Waals surface area contributed by atoms with Crippen molar-refractivity contribution in [2.75, 3.05) is 5.32 Å². The highest BCUT2D eigenvalue weighted by Crippen LogP contribution is 2.15. The molecule has 0 aliphatic rings. The Morgan fingerprint density at radius 3 is 2.23 bits per heavy atom. The summed E-state index contributed by atoms with van der Waals surface area (Å²) in [6, 6.07) is 9.59. The van der Waals surface area contributed by atoms with Crippen LogP contribution in [0.4, 0.5) is 14.5 Å². The van der Waals surface area contributed by atoms with Crippen molar-refractivity contribution in [3.05, 3.63) is 65.2 Å². The fraction of sp³-hybridized carbons (Fsp3) is 0.300. The Morgan fingerprint density at radius 1 is 1.04 bits per heavy atom. The van der Waals surface area contributed by atoms with E-state index in [1.54, 1.807) is 19.9 Å². The SMILES string of the molecule is CCc1cccc(NC(=O)[C@@H](NC(=O)c2c(F)cccc2F)C(C)C)c1. The van der Waals surface area contributed by atoms with Crippen LogP contribution < -0.4 is 10.6 Å². The van der Waals surface area contributed by atoms with E-state index in [4.69, 9.17) is 0 Å². The van der Waals surface area contributed by atoms with Crippen LogP contribution in [0.3, 0.4) is 0 Å². The molecule has 2 amide bonds. The molecule has 0 unspecified atom stereocenters. The topological polar surface area (TPSA) is 58.2 Å². The Balaban J connectivity index is 2.17. The van der Waals surface area contributed by atoms with E-state index in [-0.39, 0.29) is 5.92 Å². The molecule has 0 fully saturated rings. The van der Waals surface area contributed by atoms with E-state index in [0.717, 1.165) is 24.1 Å². The first-order valence-corrected chi connectivity index (χ1v) is 8.48. The van der Waals surface area contributed by atoms with Crippen molar-refractivity contribution in [1.82, 2.24) is 5.32 Å². The first kappa shape index (κ1) is 19.6. The minimum atomic E-state index is -0.971. The van der Waals surface area contributed by atoms with Crippen LogP contribution in [0.2, 0.25) is 0 Å². The fourth-order valence-electron chi connectivity index (χ4n) is 2.55. The third-order valence-corrected chi connectivity index (χ3v) is 4.03. The van der Waals surface area contributed by atoms with Gasteiger partial charge in [-0.2, -0.15) is 0 Å². The second-order valence-corrected chi connectivity index (χ2v) is 6.33. The van der Waals surface area contributed by atoms with Gasteiger partial charge in [-0.15, -0.1) is 0 Å². The number of hydrogen-bond donors (Lipinski definition) is 2. The summed E-state index contributed by atoms with van der Waals surface area (Å²) in [5.74, 6) is -3.62. The Kier molecular flexibility index (Phi) is 6.44. The van der Waals surface area contributed by atoms with E-state index in [1.165, 1.54) is 6.07 Å². The Bertz CT molecular complexity index is 786. The average molecular weight is 360 g/mol. The van der Waals surface area contributed by atoms with Crippen molar-refractivity contribution in [2.24, 2.45) is 5.92 Å². The predicted octanol–water partition coefficient (Wildman–Crippen LogP) is 3.92. The maximum absolute atomic E-state index is 13.8. The van der Waals surface area contributed by atoms with Gasteiger partial charge in [-0.3, -0.25) is 9.59 Å². The Hall–Kier alpha value is -2.76. The number of nitrogens with one attached hydrogen (secondary N) is 2. The number of amides is 2. The molecule has 2 rings (SSSR count). The molecule has 2 N–H and O–H groups in total. The van der Waals surface area contributed by atoms with Gasteiger partial charge in [0.1, 0.15) is 23.2 Å². The van der Waals surface area contributed by atoms with Crippen molar-refractivity contribution >= 4 is 17.5 Å². The zero-order valence-electron chi connectivity index (χ0n) is 15.0. The number of hydrogen-bond acceptors (Lipinski definition) is 2. The zero-order valence-corrected chi connectivity index (χ0v) is 15.0. The quantitative estimate of drug-likeness (QED) is 0.820. The highest BCUT2D eigenvalue weighted by Gasteiger charge is 2.27. The molecule has 0 aromatic heterocycles. The van der Waals surface area contributed by atoms with Gasteiger partial charge in [0, 0.05) is 5.69 Å². The summed E-state index contributed by atoms with van der Waals surface area (Å²) < 4.78 is 27.6. The molecule has 0 bridgehead atoms. The Labute approximate surface area is 151 Å². The maximum Gasteiger partial charge on any atom is 0.257 e. The summed E-state index contributed by atoms with van der Waals surface area (Å²) in [5.41, 5.74) is 0.964. The second-order valence-electron chi connectivity index (χ2n) is 6.33. The zero-order chi connectivity index (χ0) is 19.3. The molecular weight excluding hydrogens is 338 g/mol. The highest BCUT2D eigenvalue weighted by atomic mass is 19.1. The van der Waals surface area contributed by atoms with Crippen molar-refractivity contribution < 1.29 is 18.4 Å². The summed E-state index contributed by atoms with van der Waals surface area (Å²) >= 11 is 0. The van der Waals surface area contributed by atoms with Gasteiger partial charge in [0.15, 0.2) is 0 Å². The van der Waals surface area contributed by atoms with E-state index in [2.05, 4.69) is 10.6 Å². The van der Waals surface area contributed by atoms with Crippen LogP contribution in [-0.2, 0) is 11.2 Å². The number of halogens is 2. The molecule has 2 aromatic carbocycles. The van der Waals surface area contributed by atoms with Gasteiger partial charge in [-0.05, 0) is 42.2 Å². The van der Waals surface area contributed by atoms with Crippen LogP contribution in [0, 0.1) is 17.6 Å². The first-order chi connectivity index (χ1) is 12.3. The molecule has 0 aliphatic carbocycles. The van der Waals surface area contributed by atoms with E-state index in [9.17, 15) is 18.4 Å². The fourth-order valence-corrected chi connectivity index (χ4v) is 2.55. The molecule has 0 radical (unpaired) electrons. The number of rotatable bonds is 6. The molecule has 0 saturated heterocycles. The van der Waals surface area contributed by atoms with Crippen LogP contribution in [0.1, 0.15) is 36.7 Å². The molecule has 138 valence electrons. The van der Waals surface area contributed by atoms with Crippen molar-refractivity contribution in [3.8, 4) is 0 Å². The van der Waals surface area contributed by atoms with Gasteiger partial charge in [-0.1, -0.05) is 39.0 Å². The third-order valence-electron chi connectivity index (χ3n) is 4.03. The predicted molar refractivity (Wildman–Crippen MR) is 96.9 cm³/mol. The van der Waals surface area contributed by atoms with Crippen molar-refractivity contribution in [1.29, 1.82) is 0 Å². The standard InChI is InChI=1S/C20H22F2N2O2/c1-4-13-7-5-8-14(11-13)23-20(26)18(12(2)3)24-19(25)17-15(21)9-6-10-16(17)22/h5-12,18H,4H2,1-3H3,(H,23,26)(H,24,25)/t18-/m0/s1. The highest BCUT2D eigenvalue weighted by molar-refractivity contribution is 6.01. The lowest BCUT2D eigenvalue weighted by Gasteiger charge is -2.22. The number of aryl methyl sites for hydroxylation is 1. The number of anilines is 1. The third kappa shape index (κ3) is 4.65. The van der Waals surface area contributed by atoms with Crippen LogP contribution in [0.25, 0.3) is 0 Å². The molecule has 4 nitrogen and oxygen atoms in total. The summed E-state index contributed by atoms with van der Waals surface area (Å²) in [7, 11) is 0. The lowest BCUT2D eigenvalue weighted by molar-refractivity contribution is -0.118. The van der Waals surface area contributed by atoms with Crippen LogP contribution in [-0.4, -0.2) is 17.9 Å². The lowest BCUT2D eigenvalue weighted by atomic mass is 10.0. The summed E-state index contributed by atoms with van der Waals surface area (Å²) in [6.45, 7) is 5.48. The smallest absolute Gasteiger partial charge is 0.257 e. The van der Waals surface area contributed by atoms with E-state index >= 15 is 0 Å². The first-order valence-electron chi connectivity index (χ1n) is 8.48. The van der Waals surface area contributed by atoms with Gasteiger partial charge in [0.05, 0.1) is 0 Å². The van der Waals surface area contributed by atoms with E-state index in [0.29, 0.717) is 5.69 Å². The normalized spacial score (nSPS) is 11.9. The van der Waals surface area contributed by atoms with Crippen LogP contribution in [0.15, 0.2) is 42.5 Å². The molecular formula is C20H22F2N2O2. The molecule has 26 heavy (non-hydrogen) atoms.